The number of rotatable bonds is 7. The summed E-state index contributed by atoms with van der Waals surface area (Å²) in [6, 6.07) is 7.70. The molecule has 1 aromatic carbocycles. The first-order valence-electron chi connectivity index (χ1n) is 7.84. The number of hydrogen-bond acceptors (Lipinski definition) is 5. The van der Waals surface area contributed by atoms with Crippen LogP contribution in [0.4, 0.5) is 0 Å². The average Bonchev–Trinajstić information content (AvgIpc) is 2.86. The van der Waals surface area contributed by atoms with E-state index in [1.807, 2.05) is 24.3 Å². The maximum atomic E-state index is 11.1. The van der Waals surface area contributed by atoms with Crippen LogP contribution < -0.4 is 10.1 Å². The number of unbranched alkanes of at least 4 members (excludes halogenated alkanes) is 1. The van der Waals surface area contributed by atoms with Gasteiger partial charge < -0.3 is 19.9 Å². The minimum Gasteiger partial charge on any atom is -0.494 e. The average molecular weight is 317 g/mol. The predicted molar refractivity (Wildman–Crippen MR) is 87.1 cm³/mol. The lowest BCUT2D eigenvalue weighted by molar-refractivity contribution is -0.151. The summed E-state index contributed by atoms with van der Waals surface area (Å²) < 4.78 is 10.8. The van der Waals surface area contributed by atoms with Crippen LogP contribution in [0.2, 0.25) is 0 Å². The van der Waals surface area contributed by atoms with E-state index in [9.17, 15) is 9.90 Å². The maximum Gasteiger partial charge on any atom is 0.303 e. The molecule has 5 nitrogen and oxygen atoms in total. The number of ether oxygens (including phenoxy) is 2. The van der Waals surface area contributed by atoms with Crippen molar-refractivity contribution in [2.75, 3.05) is 13.2 Å². The second-order valence-corrected chi connectivity index (χ2v) is 5.66. The van der Waals surface area contributed by atoms with E-state index < -0.39 is 12.2 Å². The van der Waals surface area contributed by atoms with Gasteiger partial charge in [0, 0.05) is 19.9 Å². The first kappa shape index (κ1) is 17.3. The van der Waals surface area contributed by atoms with Crippen molar-refractivity contribution in [3.63, 3.8) is 0 Å². The number of nitrogens with one attached hydrogen (secondary N) is 1. The fourth-order valence-electron chi connectivity index (χ4n) is 2.65. The summed E-state index contributed by atoms with van der Waals surface area (Å²) in [4.78, 5) is 11.1. The number of benzene rings is 1. The zero-order chi connectivity index (χ0) is 16.7. The van der Waals surface area contributed by atoms with E-state index in [4.69, 9.17) is 15.9 Å². The Labute approximate surface area is 137 Å². The smallest absolute Gasteiger partial charge is 0.303 e. The van der Waals surface area contributed by atoms with Crippen molar-refractivity contribution in [2.24, 2.45) is 0 Å². The maximum absolute atomic E-state index is 11.1. The van der Waals surface area contributed by atoms with Crippen LogP contribution in [0.25, 0.3) is 0 Å². The molecule has 0 aliphatic carbocycles. The normalized spacial score (nSPS) is 23.3. The van der Waals surface area contributed by atoms with Crippen LogP contribution in [-0.2, 0) is 16.0 Å². The van der Waals surface area contributed by atoms with Gasteiger partial charge in [0.25, 0.3) is 0 Å². The summed E-state index contributed by atoms with van der Waals surface area (Å²) in [5.74, 6) is 3.01. The molecule has 1 heterocycles. The highest BCUT2D eigenvalue weighted by Gasteiger charge is 2.37. The molecule has 23 heavy (non-hydrogen) atoms. The van der Waals surface area contributed by atoms with Crippen LogP contribution in [0, 0.1) is 12.3 Å². The molecule has 124 valence electrons. The Kier molecular flexibility index (Phi) is 6.45. The lowest BCUT2D eigenvalue weighted by Gasteiger charge is -2.21. The van der Waals surface area contributed by atoms with Gasteiger partial charge in [0.05, 0.1) is 12.6 Å². The molecule has 1 aromatic rings. The number of carbonyl (C=O) groups is 1. The van der Waals surface area contributed by atoms with E-state index in [0.717, 1.165) is 17.7 Å². The zero-order valence-electron chi connectivity index (χ0n) is 13.3. The molecule has 0 spiro atoms. The van der Waals surface area contributed by atoms with Crippen LogP contribution in [0.15, 0.2) is 24.3 Å². The van der Waals surface area contributed by atoms with Crippen molar-refractivity contribution in [1.82, 2.24) is 5.32 Å². The third-order valence-electron chi connectivity index (χ3n) is 3.78. The summed E-state index contributed by atoms with van der Waals surface area (Å²) in [6.45, 7) is 2.39. The highest BCUT2D eigenvalue weighted by Crippen LogP contribution is 2.19. The molecule has 0 saturated carbocycles. The third kappa shape index (κ3) is 5.27. The van der Waals surface area contributed by atoms with Crippen molar-refractivity contribution >= 4 is 5.97 Å². The van der Waals surface area contributed by atoms with Gasteiger partial charge in [0.1, 0.15) is 18.0 Å². The molecule has 2 N–H and O–H groups in total. The Morgan fingerprint density at radius 3 is 2.83 bits per heavy atom. The molecule has 1 fully saturated rings. The van der Waals surface area contributed by atoms with Crippen molar-refractivity contribution in [3.8, 4) is 18.1 Å². The van der Waals surface area contributed by atoms with Gasteiger partial charge in [-0.3, -0.25) is 4.79 Å². The molecular formula is C18H23NO4. The predicted octanol–water partition coefficient (Wildman–Crippen LogP) is 1.29. The van der Waals surface area contributed by atoms with E-state index in [-0.39, 0.29) is 12.0 Å². The van der Waals surface area contributed by atoms with Crippen LogP contribution in [0.3, 0.4) is 0 Å². The fourth-order valence-corrected chi connectivity index (χ4v) is 2.65. The molecule has 0 aromatic heterocycles. The largest absolute Gasteiger partial charge is 0.494 e. The second kappa shape index (κ2) is 8.56. The van der Waals surface area contributed by atoms with Crippen LogP contribution in [0.5, 0.6) is 5.75 Å². The van der Waals surface area contributed by atoms with Gasteiger partial charge in [-0.15, -0.1) is 12.3 Å². The van der Waals surface area contributed by atoms with E-state index in [1.54, 1.807) is 0 Å². The van der Waals surface area contributed by atoms with E-state index >= 15 is 0 Å². The topological polar surface area (TPSA) is 67.8 Å². The number of β-amino-alcohol motifs (C(OH)–C–C–N with tert-alkyl or cyclic N) is 1. The van der Waals surface area contributed by atoms with Crippen molar-refractivity contribution in [1.29, 1.82) is 0 Å². The molecule has 1 aliphatic heterocycles. The van der Waals surface area contributed by atoms with Gasteiger partial charge in [-0.05, 0) is 30.5 Å². The monoisotopic (exact) mass is 317 g/mol. The van der Waals surface area contributed by atoms with Gasteiger partial charge in [0.15, 0.2) is 0 Å². The quantitative estimate of drug-likeness (QED) is 0.450. The van der Waals surface area contributed by atoms with Crippen LogP contribution in [-0.4, -0.2) is 42.5 Å². The molecule has 0 bridgehead atoms. The van der Waals surface area contributed by atoms with Gasteiger partial charge >= 0.3 is 5.97 Å². The minimum absolute atomic E-state index is 0.0868. The molecule has 0 radical (unpaired) electrons. The molecule has 0 unspecified atom stereocenters. The Hall–Kier alpha value is -2.03. The summed E-state index contributed by atoms with van der Waals surface area (Å²) in [7, 11) is 0. The van der Waals surface area contributed by atoms with Gasteiger partial charge in [0.2, 0.25) is 0 Å². The first-order valence-corrected chi connectivity index (χ1v) is 7.84. The third-order valence-corrected chi connectivity index (χ3v) is 3.78. The summed E-state index contributed by atoms with van der Waals surface area (Å²) in [6.07, 6.45) is 6.25. The molecular weight excluding hydrogens is 294 g/mol. The van der Waals surface area contributed by atoms with Gasteiger partial charge in [-0.1, -0.05) is 12.1 Å². The number of aliphatic hydroxyl groups excluding tert-OH is 1. The molecule has 0 amide bonds. The molecule has 3 atom stereocenters. The highest BCUT2D eigenvalue weighted by molar-refractivity contribution is 5.66. The van der Waals surface area contributed by atoms with E-state index in [2.05, 4.69) is 11.2 Å². The van der Waals surface area contributed by atoms with Gasteiger partial charge in [-0.25, -0.2) is 0 Å². The van der Waals surface area contributed by atoms with E-state index in [1.165, 1.54) is 6.92 Å². The molecule has 1 aliphatic rings. The summed E-state index contributed by atoms with van der Waals surface area (Å²) in [5, 5.41) is 13.1. The highest BCUT2D eigenvalue weighted by atomic mass is 16.6. The molecule has 2 rings (SSSR count). The minimum atomic E-state index is -0.664. The number of esters is 1. The lowest BCUT2D eigenvalue weighted by Crippen LogP contribution is -2.38. The van der Waals surface area contributed by atoms with Crippen molar-refractivity contribution < 1.29 is 19.4 Å². The molecule has 1 saturated heterocycles. The van der Waals surface area contributed by atoms with Gasteiger partial charge in [-0.2, -0.15) is 0 Å². The standard InChI is InChI=1S/C18H23NO4/c1-3-4-5-10-22-15-8-6-14(7-9-15)11-16-18(23-13(2)20)17(21)12-19-16/h1,6-9,16-19,21H,4-5,10-12H2,2H3/t16-,17+,18+/m1/s1. The van der Waals surface area contributed by atoms with Crippen LogP contribution >= 0.6 is 0 Å². The zero-order valence-corrected chi connectivity index (χ0v) is 13.3. The molecule has 5 heteroatoms. The SMILES string of the molecule is C#CCCCOc1ccc(C[C@H]2NC[C@H](O)[C@H]2OC(C)=O)cc1. The lowest BCUT2D eigenvalue weighted by atomic mass is 10.0. The van der Waals surface area contributed by atoms with E-state index in [0.29, 0.717) is 26.0 Å². The Morgan fingerprint density at radius 1 is 1.43 bits per heavy atom. The summed E-state index contributed by atoms with van der Waals surface area (Å²) >= 11 is 0. The Morgan fingerprint density at radius 2 is 2.17 bits per heavy atom. The Bertz CT molecular complexity index is 549. The summed E-state index contributed by atoms with van der Waals surface area (Å²) in [5.41, 5.74) is 1.09. The number of aliphatic hydroxyl groups is 1. The number of carbonyl (C=O) groups excluding carboxylic acids is 1. The Balaban J connectivity index is 1.87. The van der Waals surface area contributed by atoms with Crippen molar-refractivity contribution in [2.45, 2.75) is 44.4 Å². The number of terminal acetylenes is 1. The fraction of sp³-hybridized carbons (Fsp3) is 0.500. The second-order valence-electron chi connectivity index (χ2n) is 5.66. The van der Waals surface area contributed by atoms with Crippen LogP contribution in [0.1, 0.15) is 25.3 Å². The first-order chi connectivity index (χ1) is 11.1. The van der Waals surface area contributed by atoms with Crippen molar-refractivity contribution in [3.05, 3.63) is 29.8 Å². The number of hydrogen-bond donors (Lipinski definition) is 2.